The lowest BCUT2D eigenvalue weighted by Crippen LogP contribution is -2.37. The lowest BCUT2D eigenvalue weighted by molar-refractivity contribution is 0.588. The number of rotatable bonds is 8. The third-order valence-electron chi connectivity index (χ3n) is 3.66. The summed E-state index contributed by atoms with van der Waals surface area (Å²) in [5.74, 6) is 1.58. The first-order valence-electron chi connectivity index (χ1n) is 8.30. The van der Waals surface area contributed by atoms with Crippen molar-refractivity contribution < 1.29 is 8.42 Å². The van der Waals surface area contributed by atoms with Crippen molar-refractivity contribution >= 4 is 63.3 Å². The zero-order chi connectivity index (χ0) is 19.7. The average Bonchev–Trinajstić information content (AvgIpc) is 2.69. The fourth-order valence-electron chi connectivity index (χ4n) is 2.18. The van der Waals surface area contributed by atoms with Gasteiger partial charge < -0.3 is 10.6 Å². The highest BCUT2D eigenvalue weighted by Gasteiger charge is 2.10. The van der Waals surface area contributed by atoms with Crippen LogP contribution in [0.2, 0.25) is 5.02 Å². The average molecular weight is 555 g/mol. The molecule has 0 aromatic heterocycles. The van der Waals surface area contributed by atoms with E-state index in [0.29, 0.717) is 12.5 Å². The van der Waals surface area contributed by atoms with Crippen LogP contribution in [-0.4, -0.2) is 40.8 Å². The van der Waals surface area contributed by atoms with Gasteiger partial charge in [-0.15, -0.1) is 35.7 Å². The maximum atomic E-state index is 11.7. The largest absolute Gasteiger partial charge is 0.356 e. The third kappa shape index (κ3) is 8.16. The standard InChI is InChI=1S/C18H23ClN4O2S2.HI/c1-20-18(22-11-12-26-16-7-5-15(19)6-8-16)23-13-14-3-9-17(10-4-14)27(24,25)21-2;/h3-10,21H,11-13H2,1-2H3,(H2,20,22,23);1H. The van der Waals surface area contributed by atoms with Gasteiger partial charge in [0.05, 0.1) is 4.90 Å². The van der Waals surface area contributed by atoms with Crippen molar-refractivity contribution in [3.63, 3.8) is 0 Å². The minimum absolute atomic E-state index is 0. The Balaban J connectivity index is 0.00000392. The predicted octanol–water partition coefficient (Wildman–Crippen LogP) is 3.32. The summed E-state index contributed by atoms with van der Waals surface area (Å²) in [5, 5.41) is 7.20. The van der Waals surface area contributed by atoms with Gasteiger partial charge in [0.2, 0.25) is 10.0 Å². The van der Waals surface area contributed by atoms with E-state index in [4.69, 9.17) is 11.6 Å². The van der Waals surface area contributed by atoms with Crippen LogP contribution in [0.3, 0.4) is 0 Å². The molecule has 0 aliphatic rings. The molecular weight excluding hydrogens is 531 g/mol. The van der Waals surface area contributed by atoms with Crippen molar-refractivity contribution in [1.82, 2.24) is 15.4 Å². The molecule has 2 aromatic rings. The first-order chi connectivity index (χ1) is 12.9. The Labute approximate surface area is 193 Å². The number of sulfonamides is 1. The van der Waals surface area contributed by atoms with Crippen LogP contribution in [0.25, 0.3) is 0 Å². The molecular formula is C18H24ClIN4O2S2. The highest BCUT2D eigenvalue weighted by molar-refractivity contribution is 14.0. The van der Waals surface area contributed by atoms with Gasteiger partial charge in [-0.25, -0.2) is 13.1 Å². The first kappa shape index (κ1) is 25.0. The second kappa shape index (κ2) is 12.5. The summed E-state index contributed by atoms with van der Waals surface area (Å²) < 4.78 is 25.8. The number of halogens is 2. The lowest BCUT2D eigenvalue weighted by Gasteiger charge is -2.12. The van der Waals surface area contributed by atoms with Crippen molar-refractivity contribution in [2.75, 3.05) is 26.4 Å². The summed E-state index contributed by atoms with van der Waals surface area (Å²) in [5.41, 5.74) is 0.962. The molecule has 0 saturated carbocycles. The van der Waals surface area contributed by atoms with Crippen LogP contribution in [0.5, 0.6) is 0 Å². The molecule has 10 heteroatoms. The van der Waals surface area contributed by atoms with E-state index in [1.165, 1.54) is 11.9 Å². The maximum Gasteiger partial charge on any atom is 0.240 e. The number of hydrogen-bond acceptors (Lipinski definition) is 4. The second-order valence-corrected chi connectivity index (χ2v) is 9.00. The van der Waals surface area contributed by atoms with Gasteiger partial charge >= 0.3 is 0 Å². The molecule has 6 nitrogen and oxygen atoms in total. The van der Waals surface area contributed by atoms with Gasteiger partial charge in [0.15, 0.2) is 5.96 Å². The second-order valence-electron chi connectivity index (χ2n) is 5.51. The zero-order valence-corrected chi connectivity index (χ0v) is 20.3. The lowest BCUT2D eigenvalue weighted by atomic mass is 10.2. The number of aliphatic imine (C=N–C) groups is 1. The van der Waals surface area contributed by atoms with Crippen molar-refractivity contribution in [2.24, 2.45) is 4.99 Å². The minimum Gasteiger partial charge on any atom is -0.356 e. The fourth-order valence-corrected chi connectivity index (χ4v) is 3.80. The monoisotopic (exact) mass is 554 g/mol. The van der Waals surface area contributed by atoms with Crippen LogP contribution >= 0.6 is 47.3 Å². The number of thioether (sulfide) groups is 1. The number of benzene rings is 2. The van der Waals surface area contributed by atoms with Crippen molar-refractivity contribution in [2.45, 2.75) is 16.3 Å². The molecule has 0 fully saturated rings. The Kier molecular flexibility index (Phi) is 11.2. The molecule has 154 valence electrons. The molecule has 0 atom stereocenters. The Morgan fingerprint density at radius 3 is 2.29 bits per heavy atom. The highest BCUT2D eigenvalue weighted by Crippen LogP contribution is 2.19. The molecule has 0 aliphatic heterocycles. The summed E-state index contributed by atoms with van der Waals surface area (Å²) in [7, 11) is -0.300. The maximum absolute atomic E-state index is 11.7. The molecule has 0 spiro atoms. The Morgan fingerprint density at radius 1 is 1.07 bits per heavy atom. The molecule has 0 radical (unpaired) electrons. The summed E-state index contributed by atoms with van der Waals surface area (Å²) >= 11 is 7.61. The van der Waals surface area contributed by atoms with Gasteiger partial charge in [0.1, 0.15) is 0 Å². The molecule has 0 amide bonds. The van der Waals surface area contributed by atoms with Crippen LogP contribution in [0.4, 0.5) is 0 Å². The van der Waals surface area contributed by atoms with E-state index < -0.39 is 10.0 Å². The highest BCUT2D eigenvalue weighted by atomic mass is 127. The molecule has 2 rings (SSSR count). The zero-order valence-electron chi connectivity index (χ0n) is 15.6. The SMILES string of the molecule is CN=C(NCCSc1ccc(Cl)cc1)NCc1ccc(S(=O)(=O)NC)cc1.I. The number of nitrogens with zero attached hydrogens (tertiary/aromatic N) is 1. The summed E-state index contributed by atoms with van der Waals surface area (Å²) in [4.78, 5) is 5.60. The minimum atomic E-state index is -3.41. The van der Waals surface area contributed by atoms with Crippen LogP contribution in [0.15, 0.2) is 63.3 Å². The molecule has 0 heterocycles. The van der Waals surface area contributed by atoms with Gasteiger partial charge in [0, 0.05) is 35.8 Å². The molecule has 28 heavy (non-hydrogen) atoms. The summed E-state index contributed by atoms with van der Waals surface area (Å²) in [6.07, 6.45) is 0. The normalized spacial score (nSPS) is 11.6. The molecule has 0 unspecified atom stereocenters. The van der Waals surface area contributed by atoms with E-state index in [1.807, 2.05) is 24.3 Å². The van der Waals surface area contributed by atoms with E-state index >= 15 is 0 Å². The molecule has 0 aliphatic carbocycles. The van der Waals surface area contributed by atoms with Gasteiger partial charge in [-0.1, -0.05) is 23.7 Å². The topological polar surface area (TPSA) is 82.6 Å². The van der Waals surface area contributed by atoms with E-state index in [1.54, 1.807) is 43.1 Å². The van der Waals surface area contributed by atoms with E-state index in [0.717, 1.165) is 22.9 Å². The van der Waals surface area contributed by atoms with Crippen LogP contribution in [0.1, 0.15) is 5.56 Å². The fraction of sp³-hybridized carbons (Fsp3) is 0.278. The smallest absolute Gasteiger partial charge is 0.240 e. The van der Waals surface area contributed by atoms with Crippen LogP contribution < -0.4 is 15.4 Å². The molecule has 0 bridgehead atoms. The molecule has 3 N–H and O–H groups in total. The Hall–Kier alpha value is -1.01. The Bertz CT molecular complexity index is 860. The van der Waals surface area contributed by atoms with Gasteiger partial charge in [-0.05, 0) is 49.0 Å². The van der Waals surface area contributed by atoms with Crippen LogP contribution in [0, 0.1) is 0 Å². The summed E-state index contributed by atoms with van der Waals surface area (Å²) in [6, 6.07) is 14.5. The first-order valence-corrected chi connectivity index (χ1v) is 11.1. The Morgan fingerprint density at radius 2 is 1.71 bits per heavy atom. The number of nitrogens with one attached hydrogen (secondary N) is 3. The van der Waals surface area contributed by atoms with E-state index in [2.05, 4.69) is 20.3 Å². The van der Waals surface area contributed by atoms with Gasteiger partial charge in [-0.2, -0.15) is 0 Å². The van der Waals surface area contributed by atoms with Crippen molar-refractivity contribution in [1.29, 1.82) is 0 Å². The van der Waals surface area contributed by atoms with Crippen molar-refractivity contribution in [3.05, 3.63) is 59.1 Å². The number of guanidine groups is 1. The molecule has 2 aromatic carbocycles. The van der Waals surface area contributed by atoms with Crippen LogP contribution in [-0.2, 0) is 16.6 Å². The summed E-state index contributed by atoms with van der Waals surface area (Å²) in [6.45, 7) is 1.30. The van der Waals surface area contributed by atoms with E-state index in [9.17, 15) is 8.42 Å². The number of hydrogen-bond donors (Lipinski definition) is 3. The quantitative estimate of drug-likeness (QED) is 0.153. The van der Waals surface area contributed by atoms with Crippen molar-refractivity contribution in [3.8, 4) is 0 Å². The third-order valence-corrected chi connectivity index (χ3v) is 6.36. The van der Waals surface area contributed by atoms with E-state index in [-0.39, 0.29) is 28.9 Å². The van der Waals surface area contributed by atoms with Gasteiger partial charge in [-0.3, -0.25) is 4.99 Å². The molecule has 0 saturated heterocycles. The van der Waals surface area contributed by atoms with Gasteiger partial charge in [0.25, 0.3) is 0 Å². The predicted molar refractivity (Wildman–Crippen MR) is 128 cm³/mol.